The Labute approximate surface area is 159 Å². The molecule has 5 N–H and O–H groups in total. The third kappa shape index (κ3) is 3.28. The average molecular weight is 392 g/mol. The minimum atomic E-state index is -1.76. The normalized spacial score (nSPS) is 26.7. The van der Waals surface area contributed by atoms with Crippen LogP contribution in [0.1, 0.15) is 25.6 Å². The maximum atomic E-state index is 11.6. The van der Waals surface area contributed by atoms with E-state index in [-0.39, 0.29) is 29.0 Å². The number of anilines is 1. The van der Waals surface area contributed by atoms with Gasteiger partial charge in [-0.3, -0.25) is 10.7 Å². The number of nitrogens with zero attached hydrogens (tertiary/aromatic N) is 3. The third-order valence-electron chi connectivity index (χ3n) is 4.48. The molecule has 1 aliphatic heterocycles. The number of nitrogens with one attached hydrogen (secondary N) is 1. The van der Waals surface area contributed by atoms with Crippen molar-refractivity contribution in [2.45, 2.75) is 37.9 Å². The van der Waals surface area contributed by atoms with E-state index >= 15 is 0 Å². The topological polar surface area (TPSA) is 159 Å². The highest BCUT2D eigenvalue weighted by molar-refractivity contribution is 5.95. The van der Waals surface area contributed by atoms with Crippen molar-refractivity contribution in [1.29, 1.82) is 0 Å². The van der Waals surface area contributed by atoms with Crippen LogP contribution >= 0.6 is 0 Å². The summed E-state index contributed by atoms with van der Waals surface area (Å²) in [5, 5.41) is 40.0. The molecule has 1 saturated heterocycles. The maximum absolute atomic E-state index is 11.6. The molecule has 2 aromatic heterocycles. The minimum absolute atomic E-state index is 0.0220. The van der Waals surface area contributed by atoms with Gasteiger partial charge in [-0.1, -0.05) is 5.92 Å². The molecule has 0 spiro atoms. The maximum Gasteiger partial charge on any atom is 0.384 e. The molecule has 1 fully saturated rings. The SMILES string of the molecule is CCOC(=O)C#Cc1cn(C2OC(CO)C(O)[C@@]2(C)O)c2ncnc(NO)c12. The molecule has 0 radical (unpaired) electrons. The van der Waals surface area contributed by atoms with Gasteiger partial charge in [-0.15, -0.1) is 0 Å². The summed E-state index contributed by atoms with van der Waals surface area (Å²) in [5.41, 5.74) is 0.644. The number of esters is 1. The Morgan fingerprint density at radius 3 is 2.86 bits per heavy atom. The molecular weight excluding hydrogens is 372 g/mol. The van der Waals surface area contributed by atoms with E-state index in [2.05, 4.69) is 21.8 Å². The molecule has 150 valence electrons. The number of aromatic nitrogens is 3. The van der Waals surface area contributed by atoms with Crippen LogP contribution in [0.4, 0.5) is 5.82 Å². The fraction of sp³-hybridized carbons (Fsp3) is 0.471. The highest BCUT2D eigenvalue weighted by atomic mass is 16.6. The average Bonchev–Trinajstić information content (AvgIpc) is 3.15. The fourth-order valence-electron chi connectivity index (χ4n) is 3.12. The van der Waals surface area contributed by atoms with Crippen molar-refractivity contribution < 1.29 is 34.8 Å². The number of aliphatic hydroxyl groups excluding tert-OH is 2. The summed E-state index contributed by atoms with van der Waals surface area (Å²) in [5.74, 6) is 4.23. The fourth-order valence-corrected chi connectivity index (χ4v) is 3.12. The van der Waals surface area contributed by atoms with E-state index in [0.29, 0.717) is 0 Å². The molecule has 0 amide bonds. The summed E-state index contributed by atoms with van der Waals surface area (Å²) in [6, 6.07) is 0. The Kier molecular flexibility index (Phi) is 5.50. The van der Waals surface area contributed by atoms with Gasteiger partial charge in [0, 0.05) is 12.1 Å². The molecule has 1 aliphatic rings. The van der Waals surface area contributed by atoms with Crippen molar-refractivity contribution in [2.75, 3.05) is 18.7 Å². The first-order valence-electron chi connectivity index (χ1n) is 8.46. The number of carbonyl (C=O) groups excluding carboxylic acids is 1. The van der Waals surface area contributed by atoms with Gasteiger partial charge in [0.05, 0.1) is 24.2 Å². The first kappa shape index (κ1) is 20.0. The lowest BCUT2D eigenvalue weighted by Crippen LogP contribution is -2.44. The van der Waals surface area contributed by atoms with Gasteiger partial charge in [-0.05, 0) is 13.8 Å². The second kappa shape index (κ2) is 7.70. The Bertz CT molecular complexity index is 946. The smallest absolute Gasteiger partial charge is 0.384 e. The number of carbonyl (C=O) groups is 1. The molecule has 0 aliphatic carbocycles. The van der Waals surface area contributed by atoms with Crippen molar-refractivity contribution in [2.24, 2.45) is 0 Å². The first-order valence-corrected chi connectivity index (χ1v) is 8.46. The lowest BCUT2D eigenvalue weighted by molar-refractivity contribution is -0.136. The molecule has 0 aromatic carbocycles. The predicted octanol–water partition coefficient (Wildman–Crippen LogP) is -0.851. The molecule has 0 saturated carbocycles. The van der Waals surface area contributed by atoms with Gasteiger partial charge in [0.1, 0.15) is 29.8 Å². The van der Waals surface area contributed by atoms with Crippen LogP contribution in [0.3, 0.4) is 0 Å². The van der Waals surface area contributed by atoms with Crippen molar-refractivity contribution in [1.82, 2.24) is 14.5 Å². The van der Waals surface area contributed by atoms with E-state index in [4.69, 9.17) is 9.47 Å². The van der Waals surface area contributed by atoms with E-state index in [1.807, 2.05) is 5.48 Å². The molecule has 4 atom stereocenters. The quantitative estimate of drug-likeness (QED) is 0.252. The van der Waals surface area contributed by atoms with E-state index in [9.17, 15) is 25.3 Å². The van der Waals surface area contributed by atoms with E-state index in [1.54, 1.807) is 6.92 Å². The van der Waals surface area contributed by atoms with E-state index in [1.165, 1.54) is 24.0 Å². The van der Waals surface area contributed by atoms with Gasteiger partial charge in [-0.2, -0.15) is 0 Å². The Morgan fingerprint density at radius 1 is 1.50 bits per heavy atom. The molecule has 28 heavy (non-hydrogen) atoms. The summed E-state index contributed by atoms with van der Waals surface area (Å²) >= 11 is 0. The van der Waals surface area contributed by atoms with E-state index < -0.39 is 36.6 Å². The zero-order valence-corrected chi connectivity index (χ0v) is 15.2. The first-order chi connectivity index (χ1) is 13.3. The summed E-state index contributed by atoms with van der Waals surface area (Å²) in [7, 11) is 0. The van der Waals surface area contributed by atoms with Crippen molar-refractivity contribution in [3.05, 3.63) is 18.1 Å². The number of fused-ring (bicyclic) bond motifs is 1. The number of ether oxygens (including phenoxy) is 2. The van der Waals surface area contributed by atoms with Crippen LogP contribution in [0.2, 0.25) is 0 Å². The molecule has 3 unspecified atom stereocenters. The Hall–Kier alpha value is -2.75. The third-order valence-corrected chi connectivity index (χ3v) is 4.48. The standard InChI is InChI=1S/C17H20N4O7/c1-3-27-11(23)5-4-9-6-21(15-12(9)14(20-26)18-8-19-15)16-17(2,25)13(24)10(7-22)28-16/h6,8,10,13,16,22,24-26H,3,7H2,1-2H3,(H,18,19,20)/t10?,13?,16?,17-/m1/s1. The minimum Gasteiger partial charge on any atom is -0.456 e. The highest BCUT2D eigenvalue weighted by Crippen LogP contribution is 2.40. The second-order valence-electron chi connectivity index (χ2n) is 6.33. The largest absolute Gasteiger partial charge is 0.456 e. The van der Waals surface area contributed by atoms with Crippen LogP contribution in [0.15, 0.2) is 12.5 Å². The van der Waals surface area contributed by atoms with Gasteiger partial charge >= 0.3 is 5.97 Å². The van der Waals surface area contributed by atoms with Crippen molar-refractivity contribution in [3.63, 3.8) is 0 Å². The summed E-state index contributed by atoms with van der Waals surface area (Å²) in [6.07, 6.45) is -0.876. The number of hydrogen-bond acceptors (Lipinski definition) is 10. The molecule has 11 heteroatoms. The molecule has 3 heterocycles. The number of hydrogen-bond donors (Lipinski definition) is 5. The van der Waals surface area contributed by atoms with Crippen molar-refractivity contribution >= 4 is 22.8 Å². The molecule has 11 nitrogen and oxygen atoms in total. The Balaban J connectivity index is 2.16. The number of aliphatic hydroxyl groups is 3. The van der Waals surface area contributed by atoms with Gasteiger partial charge in [0.2, 0.25) is 0 Å². The zero-order chi connectivity index (χ0) is 20.5. The highest BCUT2D eigenvalue weighted by Gasteiger charge is 2.53. The van der Waals surface area contributed by atoms with Gasteiger partial charge in [-0.25, -0.2) is 14.8 Å². The monoisotopic (exact) mass is 392 g/mol. The summed E-state index contributed by atoms with van der Waals surface area (Å²) < 4.78 is 11.8. The van der Waals surface area contributed by atoms with Gasteiger partial charge < -0.3 is 29.4 Å². The van der Waals surface area contributed by atoms with Crippen LogP contribution in [0.5, 0.6) is 0 Å². The van der Waals surface area contributed by atoms with Crippen LogP contribution in [0, 0.1) is 11.8 Å². The summed E-state index contributed by atoms with van der Waals surface area (Å²) in [6.45, 7) is 2.68. The van der Waals surface area contributed by atoms with E-state index in [0.717, 1.165) is 0 Å². The lowest BCUT2D eigenvalue weighted by atomic mass is 9.96. The van der Waals surface area contributed by atoms with Crippen LogP contribution in [-0.4, -0.2) is 72.1 Å². The Morgan fingerprint density at radius 2 is 2.25 bits per heavy atom. The van der Waals surface area contributed by atoms with Crippen molar-refractivity contribution in [3.8, 4) is 11.8 Å². The van der Waals surface area contributed by atoms with Gasteiger partial charge in [0.25, 0.3) is 0 Å². The molecule has 2 aromatic rings. The van der Waals surface area contributed by atoms with Crippen LogP contribution in [0.25, 0.3) is 11.0 Å². The second-order valence-corrected chi connectivity index (χ2v) is 6.33. The van der Waals surface area contributed by atoms with Gasteiger partial charge in [0.15, 0.2) is 12.0 Å². The van der Waals surface area contributed by atoms with Crippen LogP contribution < -0.4 is 5.48 Å². The molecule has 0 bridgehead atoms. The molecule has 3 rings (SSSR count). The zero-order valence-electron chi connectivity index (χ0n) is 15.2. The number of rotatable bonds is 4. The predicted molar refractivity (Wildman–Crippen MR) is 94.1 cm³/mol. The van der Waals surface area contributed by atoms with Crippen LogP contribution in [-0.2, 0) is 14.3 Å². The lowest BCUT2D eigenvalue weighted by Gasteiger charge is -2.27. The molecular formula is C17H20N4O7. The summed E-state index contributed by atoms with van der Waals surface area (Å²) in [4.78, 5) is 19.6.